The average molecular weight is 291 g/mol. The predicted octanol–water partition coefficient (Wildman–Crippen LogP) is 3.26. The lowest BCUT2D eigenvalue weighted by molar-refractivity contribution is 0.0476. The van der Waals surface area contributed by atoms with E-state index in [1.807, 2.05) is 6.07 Å². The Balaban J connectivity index is 2.01. The second-order valence-corrected chi connectivity index (χ2v) is 5.51. The van der Waals surface area contributed by atoms with Crippen LogP contribution in [0.5, 0.6) is 5.75 Å². The molecule has 0 fully saturated rings. The Morgan fingerprint density at radius 1 is 1.25 bits per heavy atom. The number of esters is 1. The summed E-state index contributed by atoms with van der Waals surface area (Å²) in [5.41, 5.74) is 6.64. The van der Waals surface area contributed by atoms with E-state index in [-0.39, 0.29) is 12.6 Å². The molecule has 1 aromatic heterocycles. The maximum atomic E-state index is 12.0. The molecule has 0 radical (unpaired) electrons. The number of hydrogen-bond donors (Lipinski definition) is 1. The van der Waals surface area contributed by atoms with Crippen LogP contribution in [-0.2, 0) is 17.8 Å². The summed E-state index contributed by atoms with van der Waals surface area (Å²) in [5.74, 6) is 0.0959. The maximum Gasteiger partial charge on any atom is 0.338 e. The topological polar surface area (TPSA) is 61.5 Å². The van der Waals surface area contributed by atoms with Gasteiger partial charge in [-0.25, -0.2) is 4.79 Å². The van der Waals surface area contributed by atoms with Gasteiger partial charge in [0.2, 0.25) is 0 Å². The van der Waals surface area contributed by atoms with E-state index in [9.17, 15) is 4.79 Å². The fourth-order valence-corrected chi connectivity index (χ4v) is 2.62. The Morgan fingerprint density at radius 3 is 2.65 bits per heavy atom. The third-order valence-electron chi connectivity index (χ3n) is 2.88. The van der Waals surface area contributed by atoms with E-state index < -0.39 is 0 Å². The molecule has 0 saturated heterocycles. The van der Waals surface area contributed by atoms with E-state index in [2.05, 4.69) is 13.0 Å². The summed E-state index contributed by atoms with van der Waals surface area (Å²) in [6, 6.07) is 8.89. The van der Waals surface area contributed by atoms with Crippen molar-refractivity contribution in [3.63, 3.8) is 0 Å². The normalized spacial score (nSPS) is 10.3. The minimum atomic E-state index is -0.380. The van der Waals surface area contributed by atoms with Crippen LogP contribution in [0.15, 0.2) is 30.3 Å². The van der Waals surface area contributed by atoms with Crippen LogP contribution in [0.25, 0.3) is 0 Å². The molecular formula is C15H17NO3S. The number of anilines is 1. The number of carbonyl (C=O) groups is 1. The van der Waals surface area contributed by atoms with Crippen LogP contribution in [0.4, 0.5) is 5.69 Å². The maximum absolute atomic E-state index is 12.0. The van der Waals surface area contributed by atoms with Crippen molar-refractivity contribution in [2.45, 2.75) is 20.0 Å². The summed E-state index contributed by atoms with van der Waals surface area (Å²) in [7, 11) is 1.51. The van der Waals surface area contributed by atoms with Gasteiger partial charge in [-0.15, -0.1) is 11.3 Å². The van der Waals surface area contributed by atoms with Crippen molar-refractivity contribution < 1.29 is 14.3 Å². The molecule has 4 nitrogen and oxygen atoms in total. The molecule has 0 saturated carbocycles. The molecule has 0 bridgehead atoms. The lowest BCUT2D eigenvalue weighted by Crippen LogP contribution is -2.05. The summed E-state index contributed by atoms with van der Waals surface area (Å²) in [5, 5.41) is 0. The van der Waals surface area contributed by atoms with Crippen LogP contribution in [-0.4, -0.2) is 13.1 Å². The van der Waals surface area contributed by atoms with Crippen LogP contribution >= 0.6 is 11.3 Å². The van der Waals surface area contributed by atoms with Gasteiger partial charge >= 0.3 is 5.97 Å². The Kier molecular flexibility index (Phi) is 4.63. The second kappa shape index (κ2) is 6.43. The van der Waals surface area contributed by atoms with Crippen molar-refractivity contribution in [3.05, 3.63) is 45.6 Å². The highest BCUT2D eigenvalue weighted by atomic mass is 32.1. The van der Waals surface area contributed by atoms with E-state index in [4.69, 9.17) is 15.2 Å². The van der Waals surface area contributed by atoms with Gasteiger partial charge in [-0.3, -0.25) is 0 Å². The number of rotatable bonds is 5. The zero-order valence-corrected chi connectivity index (χ0v) is 12.3. The number of methoxy groups -OCH3 is 1. The first-order chi connectivity index (χ1) is 9.63. The lowest BCUT2D eigenvalue weighted by Gasteiger charge is -2.07. The van der Waals surface area contributed by atoms with Crippen LogP contribution < -0.4 is 10.5 Å². The second-order valence-electron chi connectivity index (χ2n) is 4.25. The number of carbonyl (C=O) groups excluding carboxylic acids is 1. The van der Waals surface area contributed by atoms with E-state index in [1.165, 1.54) is 12.0 Å². The molecule has 2 N–H and O–H groups in total. The molecule has 0 spiro atoms. The van der Waals surface area contributed by atoms with Gasteiger partial charge < -0.3 is 15.2 Å². The molecule has 1 aromatic carbocycles. The minimum absolute atomic E-state index is 0.288. The molecule has 1 heterocycles. The summed E-state index contributed by atoms with van der Waals surface area (Å²) in [4.78, 5) is 14.3. The summed E-state index contributed by atoms with van der Waals surface area (Å²) < 4.78 is 10.4. The van der Waals surface area contributed by atoms with Crippen molar-refractivity contribution in [2.75, 3.05) is 12.8 Å². The number of hydrogen-bond acceptors (Lipinski definition) is 5. The first kappa shape index (κ1) is 14.4. The highest BCUT2D eigenvalue weighted by molar-refractivity contribution is 7.11. The Bertz CT molecular complexity index is 607. The third-order valence-corrected chi connectivity index (χ3v) is 4.08. The zero-order chi connectivity index (χ0) is 14.5. The SMILES string of the molecule is CCc1ccc(COC(=O)c2ccc(N)c(OC)c2)s1. The quantitative estimate of drug-likeness (QED) is 0.678. The fraction of sp³-hybridized carbons (Fsp3) is 0.267. The molecule has 2 rings (SSSR count). The predicted molar refractivity (Wildman–Crippen MR) is 80.2 cm³/mol. The number of nitrogen functional groups attached to an aromatic ring is 1. The van der Waals surface area contributed by atoms with Crippen LogP contribution in [0.2, 0.25) is 0 Å². The average Bonchev–Trinajstić information content (AvgIpc) is 2.93. The first-order valence-electron chi connectivity index (χ1n) is 6.32. The Morgan fingerprint density at radius 2 is 2.00 bits per heavy atom. The molecular weight excluding hydrogens is 274 g/mol. The summed E-state index contributed by atoms with van der Waals surface area (Å²) >= 11 is 1.66. The van der Waals surface area contributed by atoms with Gasteiger partial charge in [0.1, 0.15) is 12.4 Å². The van der Waals surface area contributed by atoms with Gasteiger partial charge in [0, 0.05) is 9.75 Å². The first-order valence-corrected chi connectivity index (χ1v) is 7.14. The number of thiophene rings is 1. The Hall–Kier alpha value is -2.01. The molecule has 0 aliphatic rings. The van der Waals surface area contributed by atoms with Gasteiger partial charge in [0.25, 0.3) is 0 Å². The molecule has 2 aromatic rings. The summed E-state index contributed by atoms with van der Waals surface area (Å²) in [6.07, 6.45) is 0.994. The number of aryl methyl sites for hydroxylation is 1. The van der Waals surface area contributed by atoms with Gasteiger partial charge in [-0.1, -0.05) is 6.92 Å². The van der Waals surface area contributed by atoms with Gasteiger partial charge in [0.15, 0.2) is 0 Å². The van der Waals surface area contributed by atoms with Gasteiger partial charge in [0.05, 0.1) is 18.4 Å². The van der Waals surface area contributed by atoms with Gasteiger partial charge in [-0.2, -0.15) is 0 Å². The van der Waals surface area contributed by atoms with E-state index in [0.29, 0.717) is 17.0 Å². The standard InChI is InChI=1S/C15H17NO3S/c1-3-11-5-6-12(20-11)9-19-15(17)10-4-7-13(16)14(8-10)18-2/h4-8H,3,9,16H2,1-2H3. The fourth-order valence-electron chi connectivity index (χ4n) is 1.75. The van der Waals surface area contributed by atoms with Crippen molar-refractivity contribution in [1.82, 2.24) is 0 Å². The summed E-state index contributed by atoms with van der Waals surface area (Å²) in [6.45, 7) is 2.39. The molecule has 0 aliphatic carbocycles. The van der Waals surface area contributed by atoms with E-state index >= 15 is 0 Å². The number of ether oxygens (including phenoxy) is 2. The van der Waals surface area contributed by atoms with Crippen LogP contribution in [0.3, 0.4) is 0 Å². The highest BCUT2D eigenvalue weighted by Gasteiger charge is 2.11. The molecule has 0 unspecified atom stereocenters. The van der Waals surface area contributed by atoms with Crippen molar-refractivity contribution in [1.29, 1.82) is 0 Å². The largest absolute Gasteiger partial charge is 0.495 e. The van der Waals surface area contributed by atoms with Crippen LogP contribution in [0, 0.1) is 0 Å². The molecule has 106 valence electrons. The third kappa shape index (κ3) is 3.30. The van der Waals surface area contributed by atoms with Crippen molar-refractivity contribution in [3.8, 4) is 5.75 Å². The minimum Gasteiger partial charge on any atom is -0.495 e. The smallest absolute Gasteiger partial charge is 0.338 e. The Labute approximate surface area is 122 Å². The molecule has 0 atom stereocenters. The highest BCUT2D eigenvalue weighted by Crippen LogP contribution is 2.23. The monoisotopic (exact) mass is 291 g/mol. The molecule has 20 heavy (non-hydrogen) atoms. The molecule has 0 aliphatic heterocycles. The van der Waals surface area contributed by atoms with Crippen molar-refractivity contribution in [2.24, 2.45) is 0 Å². The number of nitrogens with two attached hydrogens (primary N) is 1. The van der Waals surface area contributed by atoms with E-state index in [0.717, 1.165) is 11.3 Å². The lowest BCUT2D eigenvalue weighted by atomic mass is 10.2. The molecule has 0 amide bonds. The number of benzene rings is 1. The zero-order valence-electron chi connectivity index (χ0n) is 11.5. The van der Waals surface area contributed by atoms with Crippen LogP contribution in [0.1, 0.15) is 27.0 Å². The van der Waals surface area contributed by atoms with Gasteiger partial charge in [-0.05, 0) is 36.8 Å². The molecule has 5 heteroatoms. The van der Waals surface area contributed by atoms with E-state index in [1.54, 1.807) is 29.5 Å². The van der Waals surface area contributed by atoms with Crippen molar-refractivity contribution >= 4 is 23.0 Å².